The second kappa shape index (κ2) is 15.7. The van der Waals surface area contributed by atoms with Gasteiger partial charge in [0.25, 0.3) is 0 Å². The number of rotatable bonds is 0. The number of hydrogen-bond acceptors (Lipinski definition) is 1. The van der Waals surface area contributed by atoms with Crippen LogP contribution in [-0.4, -0.2) is 59.2 Å². The Morgan fingerprint density at radius 3 is 1.43 bits per heavy atom. The zero-order valence-electron chi connectivity index (χ0n) is 6.51. The fourth-order valence-corrected chi connectivity index (χ4v) is 0. The van der Waals surface area contributed by atoms with Crippen LogP contribution in [0.15, 0.2) is 0 Å². The van der Waals surface area contributed by atoms with Gasteiger partial charge in [-0.2, -0.15) is 0 Å². The minimum Gasteiger partial charge on any atom is -1.00 e. The van der Waals surface area contributed by atoms with Crippen LogP contribution in [0.4, 0.5) is 0 Å². The van der Waals surface area contributed by atoms with Crippen LogP contribution in [0.2, 0.25) is 0 Å². The van der Waals surface area contributed by atoms with Gasteiger partial charge in [-0.1, -0.05) is 0 Å². The molecule has 0 aliphatic carbocycles. The van der Waals surface area contributed by atoms with Crippen molar-refractivity contribution < 1.29 is 47.9 Å². The predicted octanol–water partition coefficient (Wildman–Crippen LogP) is -5.84. The van der Waals surface area contributed by atoms with E-state index in [1.54, 1.807) is 0 Å². The van der Waals surface area contributed by atoms with E-state index in [1.165, 1.54) is 0 Å². The van der Waals surface area contributed by atoms with Gasteiger partial charge in [0.1, 0.15) is 0 Å². The molecule has 0 bridgehead atoms. The van der Waals surface area contributed by atoms with E-state index < -0.39 is 9.17 Å². The van der Waals surface area contributed by atoms with Crippen molar-refractivity contribution in [1.82, 2.24) is 0 Å². The van der Waals surface area contributed by atoms with Crippen LogP contribution in [0, 0.1) is 0 Å². The molecule has 3 nitrogen and oxygen atoms in total. The molecule has 0 atom stereocenters. The third-order valence-corrected chi connectivity index (χ3v) is 0. The second-order valence-corrected chi connectivity index (χ2v) is 0.848. The Kier molecular flexibility index (Phi) is 51.7. The van der Waals surface area contributed by atoms with E-state index in [-0.39, 0.29) is 74.3 Å². The summed E-state index contributed by atoms with van der Waals surface area (Å²) in [5.41, 5.74) is 0. The van der Waals surface area contributed by atoms with Crippen molar-refractivity contribution >= 4 is 49.6 Å². The summed E-state index contributed by atoms with van der Waals surface area (Å²) in [7, 11) is -3.13. The summed E-state index contributed by atoms with van der Waals surface area (Å²) in [6.07, 6.45) is 0. The molecule has 0 aliphatic rings. The summed E-state index contributed by atoms with van der Waals surface area (Å²) < 4.78 is 8.74. The maximum absolute atomic E-state index is 8.74. The van der Waals surface area contributed by atoms with Gasteiger partial charge in [-0.15, -0.1) is 0 Å². The molecule has 0 radical (unpaired) electrons. The van der Waals surface area contributed by atoms with Gasteiger partial charge >= 0.3 is 61.8 Å². The van der Waals surface area contributed by atoms with E-state index in [4.69, 9.17) is 14.1 Å². The van der Waals surface area contributed by atoms with Crippen molar-refractivity contribution in [2.45, 2.75) is 0 Å². The largest absolute Gasteiger partial charge is 2.00 e. The van der Waals surface area contributed by atoms with Crippen molar-refractivity contribution in [3.8, 4) is 0 Å². The molecule has 0 unspecified atom stereocenters. The zero-order valence-corrected chi connectivity index (χ0v) is 7.92. The molecule has 0 aromatic rings. The second-order valence-electron chi connectivity index (χ2n) is 0.283. The number of hydrogen-bond donors (Lipinski definition) is 2. The van der Waals surface area contributed by atoms with E-state index in [0.717, 1.165) is 0 Å². The first-order valence-corrected chi connectivity index (χ1v) is 1.95. The van der Waals surface area contributed by atoms with Gasteiger partial charge in [-0.3, -0.25) is 4.46 Å². The SMILES string of the molecule is O=[Si](O)O.[AlH3].[H-].[H-].[H-].[Mg+2].[Na+]. The molecule has 2 N–H and O–H groups in total. The Morgan fingerprint density at radius 1 is 1.43 bits per heavy atom. The van der Waals surface area contributed by atoms with Gasteiger partial charge in [-0.05, 0) is 0 Å². The van der Waals surface area contributed by atoms with Crippen molar-refractivity contribution in [1.29, 1.82) is 0 Å². The van der Waals surface area contributed by atoms with E-state index in [0.29, 0.717) is 0 Å². The third kappa shape index (κ3) is 75.5. The Balaban J connectivity index is -0.00000000300. The van der Waals surface area contributed by atoms with E-state index in [1.807, 2.05) is 0 Å². The molecule has 0 fully saturated rings. The van der Waals surface area contributed by atoms with Crippen molar-refractivity contribution in [3.63, 3.8) is 0 Å². The minimum atomic E-state index is -3.13. The zero-order chi connectivity index (χ0) is 3.58. The molecule has 0 saturated heterocycles. The molecule has 0 spiro atoms. The van der Waals surface area contributed by atoms with Gasteiger partial charge in [0.2, 0.25) is 0 Å². The maximum atomic E-state index is 8.74. The molecule has 0 aromatic carbocycles. The molecule has 0 amide bonds. The summed E-state index contributed by atoms with van der Waals surface area (Å²) in [6.45, 7) is 0. The van der Waals surface area contributed by atoms with Gasteiger partial charge in [-0.25, -0.2) is 0 Å². The fourth-order valence-electron chi connectivity index (χ4n) is 0. The average Bonchev–Trinajstić information content (AvgIpc) is 0.811. The quantitative estimate of drug-likeness (QED) is 0.345. The summed E-state index contributed by atoms with van der Waals surface area (Å²) >= 11 is 0. The van der Waals surface area contributed by atoms with Crippen LogP contribution < -0.4 is 29.6 Å². The summed E-state index contributed by atoms with van der Waals surface area (Å²) in [6, 6.07) is 0. The van der Waals surface area contributed by atoms with Crippen LogP contribution in [0.3, 0.4) is 0 Å². The van der Waals surface area contributed by atoms with E-state index >= 15 is 0 Å². The molecule has 7 heavy (non-hydrogen) atoms. The molecular formula is H8AlMgNaO3Si. The van der Waals surface area contributed by atoms with Crippen LogP contribution >= 0.6 is 0 Å². The van der Waals surface area contributed by atoms with E-state index in [2.05, 4.69) is 0 Å². The summed E-state index contributed by atoms with van der Waals surface area (Å²) in [4.78, 5) is 14.3. The topological polar surface area (TPSA) is 57.5 Å². The van der Waals surface area contributed by atoms with Crippen molar-refractivity contribution in [2.24, 2.45) is 0 Å². The predicted molar refractivity (Wildman–Crippen MR) is 29.9 cm³/mol. The minimum absolute atomic E-state index is 0. The van der Waals surface area contributed by atoms with Crippen LogP contribution in [0.5, 0.6) is 0 Å². The van der Waals surface area contributed by atoms with Gasteiger partial charge in [0.05, 0.1) is 0 Å². The van der Waals surface area contributed by atoms with Gasteiger partial charge in [0, 0.05) is 0 Å². The molecule has 0 aliphatic heterocycles. The molecule has 7 heteroatoms. The molecule has 0 saturated carbocycles. The van der Waals surface area contributed by atoms with Crippen molar-refractivity contribution in [3.05, 3.63) is 0 Å². The Bertz CT molecular complexity index is 46.7. The van der Waals surface area contributed by atoms with Crippen molar-refractivity contribution in [2.75, 3.05) is 0 Å². The van der Waals surface area contributed by atoms with Gasteiger partial charge in [0.15, 0.2) is 17.4 Å². The standard InChI is InChI=1S/Al.Mg.Na.H2O3Si.6H/c;;;1-4(2)3;;;;;;/h;;;1-2H;;;;;;/q;+2;+1;;;;;3*-1. The van der Waals surface area contributed by atoms with Crippen LogP contribution in [0.25, 0.3) is 0 Å². The molecule has 0 heterocycles. The monoisotopic (exact) mass is 158 g/mol. The first-order chi connectivity index (χ1) is 1.73. The first kappa shape index (κ1) is 23.1. The molecular weight excluding hydrogens is 150 g/mol. The van der Waals surface area contributed by atoms with Crippen LogP contribution in [0.1, 0.15) is 4.28 Å². The van der Waals surface area contributed by atoms with Crippen LogP contribution in [-0.2, 0) is 4.46 Å². The Morgan fingerprint density at radius 2 is 1.43 bits per heavy atom. The molecule has 0 aromatic heterocycles. The fraction of sp³-hybridized carbons (Fsp3) is 0. The molecule has 0 rings (SSSR count). The van der Waals surface area contributed by atoms with Gasteiger partial charge < -0.3 is 13.9 Å². The maximum Gasteiger partial charge on any atom is 2.00 e. The normalized spacial score (nSPS) is 3.43. The smallest absolute Gasteiger partial charge is 1.00 e. The summed E-state index contributed by atoms with van der Waals surface area (Å²) in [5.74, 6) is 0. The Labute approximate surface area is 96.4 Å². The Hall–Kier alpha value is 1.92. The third-order valence-electron chi connectivity index (χ3n) is 0. The molecule has 36 valence electrons. The first-order valence-electron chi connectivity index (χ1n) is 0.651. The average molecular weight is 158 g/mol. The van der Waals surface area contributed by atoms with E-state index in [9.17, 15) is 0 Å². The summed E-state index contributed by atoms with van der Waals surface area (Å²) in [5, 5.41) is 0.